The van der Waals surface area contributed by atoms with Crippen LogP contribution in [0, 0.1) is 5.82 Å². The predicted molar refractivity (Wildman–Crippen MR) is 108 cm³/mol. The van der Waals surface area contributed by atoms with Crippen molar-refractivity contribution < 1.29 is 13.9 Å². The van der Waals surface area contributed by atoms with E-state index in [2.05, 4.69) is 20.4 Å². The van der Waals surface area contributed by atoms with E-state index in [1.165, 1.54) is 18.3 Å². The van der Waals surface area contributed by atoms with Crippen molar-refractivity contribution in [2.75, 3.05) is 7.11 Å². The van der Waals surface area contributed by atoms with Gasteiger partial charge in [0.2, 0.25) is 0 Å². The molecule has 1 fully saturated rings. The molecule has 0 saturated heterocycles. The second kappa shape index (κ2) is 6.91. The lowest BCUT2D eigenvalue weighted by atomic mass is 10.1. The average Bonchev–Trinajstić information content (AvgIpc) is 3.43. The minimum atomic E-state index is -0.499. The van der Waals surface area contributed by atoms with Gasteiger partial charge in [-0.1, -0.05) is 0 Å². The van der Waals surface area contributed by atoms with Crippen molar-refractivity contribution in [2.45, 2.75) is 18.4 Å². The topological polar surface area (TPSA) is 81.9 Å². The Bertz CT molecular complexity index is 1250. The Hall–Kier alpha value is -3.81. The summed E-state index contributed by atoms with van der Waals surface area (Å²) in [6.07, 6.45) is 8.07. The zero-order valence-electron chi connectivity index (χ0n) is 16.2. The predicted octanol–water partition coefficient (Wildman–Crippen LogP) is 3.38. The number of halogens is 1. The van der Waals surface area contributed by atoms with Gasteiger partial charge in [-0.2, -0.15) is 5.10 Å². The minimum absolute atomic E-state index is 0.242. The van der Waals surface area contributed by atoms with Crippen LogP contribution in [0.4, 0.5) is 4.39 Å². The first-order valence-corrected chi connectivity index (χ1v) is 9.50. The molecule has 0 aliphatic heterocycles. The fraction of sp³-hybridized carbons (Fsp3) is 0.182. The maximum absolute atomic E-state index is 13.3. The molecule has 3 aromatic heterocycles. The van der Waals surface area contributed by atoms with Gasteiger partial charge < -0.3 is 10.1 Å². The largest absolute Gasteiger partial charge is 0.497 e. The Morgan fingerprint density at radius 2 is 1.97 bits per heavy atom. The normalized spacial score (nSPS) is 14.5. The van der Waals surface area contributed by atoms with E-state index in [9.17, 15) is 9.18 Å². The van der Waals surface area contributed by atoms with Gasteiger partial charge in [0.1, 0.15) is 11.6 Å². The number of nitrogens with zero attached hydrogens (tertiary/aromatic N) is 4. The second-order valence-electron chi connectivity index (χ2n) is 7.27. The van der Waals surface area contributed by atoms with Gasteiger partial charge >= 0.3 is 0 Å². The molecule has 150 valence electrons. The van der Waals surface area contributed by atoms with Crippen molar-refractivity contribution in [3.63, 3.8) is 0 Å². The van der Waals surface area contributed by atoms with Gasteiger partial charge in [0, 0.05) is 23.8 Å². The van der Waals surface area contributed by atoms with Crippen molar-refractivity contribution in [1.29, 1.82) is 0 Å². The highest BCUT2D eigenvalue weighted by atomic mass is 19.1. The van der Waals surface area contributed by atoms with E-state index in [1.807, 2.05) is 6.07 Å². The van der Waals surface area contributed by atoms with Gasteiger partial charge in [0.15, 0.2) is 0 Å². The quantitative estimate of drug-likeness (QED) is 0.552. The molecule has 0 radical (unpaired) electrons. The summed E-state index contributed by atoms with van der Waals surface area (Å²) in [6.45, 7) is 0. The number of hydrogen-bond donors (Lipinski definition) is 1. The van der Waals surface area contributed by atoms with E-state index < -0.39 is 5.54 Å². The third-order valence-corrected chi connectivity index (χ3v) is 5.37. The SMILES string of the molecule is COc1ccnc(C2(NC(=O)c3cncc4c3cnn4-c3ccc(F)cc3)CC2)c1. The van der Waals surface area contributed by atoms with Gasteiger partial charge in [-0.15, -0.1) is 0 Å². The Balaban J connectivity index is 1.48. The zero-order chi connectivity index (χ0) is 20.7. The molecule has 8 heteroatoms. The lowest BCUT2D eigenvalue weighted by Gasteiger charge is -2.17. The van der Waals surface area contributed by atoms with E-state index in [1.54, 1.807) is 48.6 Å². The first-order valence-electron chi connectivity index (χ1n) is 9.50. The fourth-order valence-electron chi connectivity index (χ4n) is 3.57. The number of carbonyl (C=O) groups excluding carboxylic acids is 1. The number of aromatic nitrogens is 4. The number of nitrogens with one attached hydrogen (secondary N) is 1. The summed E-state index contributed by atoms with van der Waals surface area (Å²) >= 11 is 0. The number of benzene rings is 1. The molecule has 1 aliphatic rings. The fourth-order valence-corrected chi connectivity index (χ4v) is 3.57. The molecule has 1 aromatic carbocycles. The van der Waals surface area contributed by atoms with E-state index >= 15 is 0 Å². The van der Waals surface area contributed by atoms with E-state index in [0.29, 0.717) is 27.9 Å². The number of fused-ring (bicyclic) bond motifs is 1. The van der Waals surface area contributed by atoms with Crippen LogP contribution in [0.3, 0.4) is 0 Å². The Morgan fingerprint density at radius 3 is 2.70 bits per heavy atom. The molecule has 0 spiro atoms. The van der Waals surface area contributed by atoms with Crippen LogP contribution in [-0.4, -0.2) is 32.8 Å². The molecule has 0 bridgehead atoms. The summed E-state index contributed by atoms with van der Waals surface area (Å²) in [7, 11) is 1.60. The Morgan fingerprint density at radius 1 is 1.17 bits per heavy atom. The summed E-state index contributed by atoms with van der Waals surface area (Å²) in [4.78, 5) is 21.8. The van der Waals surface area contributed by atoms with Crippen molar-refractivity contribution >= 4 is 16.8 Å². The number of pyridine rings is 2. The van der Waals surface area contributed by atoms with Gasteiger partial charge in [0.25, 0.3) is 5.91 Å². The smallest absolute Gasteiger partial charge is 0.254 e. The standard InChI is InChI=1S/C22H18FN5O2/c1-30-16-6-9-25-20(10-16)22(7-8-22)27-21(29)18-11-24-13-19-17(18)12-26-28(19)15-4-2-14(23)3-5-15/h2-6,9-13H,7-8H2,1H3,(H,27,29). The minimum Gasteiger partial charge on any atom is -0.497 e. The van der Waals surface area contributed by atoms with Crippen LogP contribution in [0.1, 0.15) is 28.9 Å². The molecule has 7 nitrogen and oxygen atoms in total. The van der Waals surface area contributed by atoms with E-state index in [4.69, 9.17) is 4.74 Å². The summed E-state index contributed by atoms with van der Waals surface area (Å²) < 4.78 is 20.2. The zero-order valence-corrected chi connectivity index (χ0v) is 16.2. The first kappa shape index (κ1) is 18.2. The molecule has 1 aliphatic carbocycles. The molecule has 3 heterocycles. The molecule has 0 atom stereocenters. The maximum atomic E-state index is 13.3. The Kier molecular flexibility index (Phi) is 4.20. The lowest BCUT2D eigenvalue weighted by Crippen LogP contribution is -2.35. The molecule has 5 rings (SSSR count). The van der Waals surface area contributed by atoms with Gasteiger partial charge in [0.05, 0.1) is 47.5 Å². The molecule has 30 heavy (non-hydrogen) atoms. The number of amides is 1. The third kappa shape index (κ3) is 3.06. The number of ether oxygens (including phenoxy) is 1. The number of hydrogen-bond acceptors (Lipinski definition) is 5. The van der Waals surface area contributed by atoms with Crippen LogP contribution in [0.5, 0.6) is 5.75 Å². The average molecular weight is 403 g/mol. The van der Waals surface area contributed by atoms with Crippen molar-refractivity contribution in [3.8, 4) is 11.4 Å². The number of carbonyl (C=O) groups is 1. The van der Waals surface area contributed by atoms with Crippen molar-refractivity contribution in [3.05, 3.63) is 78.3 Å². The summed E-state index contributed by atoms with van der Waals surface area (Å²) in [5.41, 5.74) is 2.05. The van der Waals surface area contributed by atoms with Gasteiger partial charge in [-0.3, -0.25) is 14.8 Å². The highest BCUT2D eigenvalue weighted by Gasteiger charge is 2.47. The monoisotopic (exact) mass is 403 g/mol. The summed E-state index contributed by atoms with van der Waals surface area (Å²) in [5.74, 6) is 0.132. The molecular weight excluding hydrogens is 385 g/mol. The Labute approximate surface area is 171 Å². The highest BCUT2D eigenvalue weighted by Crippen LogP contribution is 2.45. The number of rotatable bonds is 5. The summed E-state index contributed by atoms with van der Waals surface area (Å²) in [5, 5.41) is 8.16. The highest BCUT2D eigenvalue weighted by molar-refractivity contribution is 6.06. The van der Waals surface area contributed by atoms with Crippen LogP contribution in [0.15, 0.2) is 61.2 Å². The first-order chi connectivity index (χ1) is 14.6. The molecule has 1 amide bonds. The third-order valence-electron chi connectivity index (χ3n) is 5.37. The van der Waals surface area contributed by atoms with Crippen molar-refractivity contribution in [2.24, 2.45) is 0 Å². The van der Waals surface area contributed by atoms with Crippen molar-refractivity contribution in [1.82, 2.24) is 25.1 Å². The molecule has 0 unspecified atom stereocenters. The van der Waals surface area contributed by atoms with Crippen LogP contribution >= 0.6 is 0 Å². The lowest BCUT2D eigenvalue weighted by molar-refractivity contribution is 0.0931. The van der Waals surface area contributed by atoms with Gasteiger partial charge in [-0.25, -0.2) is 9.07 Å². The second-order valence-corrected chi connectivity index (χ2v) is 7.27. The van der Waals surface area contributed by atoms with E-state index in [0.717, 1.165) is 18.5 Å². The van der Waals surface area contributed by atoms with Crippen LogP contribution in [-0.2, 0) is 5.54 Å². The summed E-state index contributed by atoms with van der Waals surface area (Å²) in [6, 6.07) is 9.61. The van der Waals surface area contributed by atoms with E-state index in [-0.39, 0.29) is 11.7 Å². The molecular formula is C22H18FN5O2. The molecule has 4 aromatic rings. The van der Waals surface area contributed by atoms with Crippen LogP contribution in [0.25, 0.3) is 16.6 Å². The maximum Gasteiger partial charge on any atom is 0.254 e. The molecule has 1 saturated carbocycles. The van der Waals surface area contributed by atoms with Crippen LogP contribution < -0.4 is 10.1 Å². The van der Waals surface area contributed by atoms with Gasteiger partial charge in [-0.05, 0) is 43.2 Å². The molecule has 1 N–H and O–H groups in total. The number of methoxy groups -OCH3 is 1. The van der Waals surface area contributed by atoms with Crippen LogP contribution in [0.2, 0.25) is 0 Å².